The van der Waals surface area contributed by atoms with E-state index in [9.17, 15) is 0 Å². The number of hydrogen-bond acceptors (Lipinski definition) is 5. The van der Waals surface area contributed by atoms with E-state index in [1.807, 2.05) is 47.6 Å². The van der Waals surface area contributed by atoms with Crippen molar-refractivity contribution in [3.05, 3.63) is 102 Å². The molecular weight excluding hydrogens is 364 g/mol. The summed E-state index contributed by atoms with van der Waals surface area (Å²) in [4.78, 5) is 10.7. The molecule has 0 atom stereocenters. The molecule has 6 heteroatoms. The lowest BCUT2D eigenvalue weighted by Gasteiger charge is -2.22. The second-order valence-electron chi connectivity index (χ2n) is 6.97. The van der Waals surface area contributed by atoms with E-state index in [0.29, 0.717) is 0 Å². The van der Waals surface area contributed by atoms with Crippen molar-refractivity contribution in [2.75, 3.05) is 7.11 Å². The number of pyridine rings is 1. The van der Waals surface area contributed by atoms with Crippen molar-refractivity contribution in [1.29, 1.82) is 0 Å². The highest BCUT2D eigenvalue weighted by molar-refractivity contribution is 5.37. The van der Waals surface area contributed by atoms with Crippen LogP contribution in [-0.2, 0) is 26.2 Å². The molecule has 0 N–H and O–H groups in total. The molecule has 1 aromatic carbocycles. The van der Waals surface area contributed by atoms with Crippen LogP contribution in [-0.4, -0.2) is 26.5 Å². The first-order valence-electron chi connectivity index (χ1n) is 9.55. The Morgan fingerprint density at radius 2 is 1.93 bits per heavy atom. The van der Waals surface area contributed by atoms with E-state index in [1.165, 1.54) is 11.1 Å². The van der Waals surface area contributed by atoms with Gasteiger partial charge in [-0.1, -0.05) is 12.1 Å². The van der Waals surface area contributed by atoms with Crippen molar-refractivity contribution >= 4 is 0 Å². The summed E-state index contributed by atoms with van der Waals surface area (Å²) in [6, 6.07) is 14.4. The quantitative estimate of drug-likeness (QED) is 0.431. The van der Waals surface area contributed by atoms with Crippen LogP contribution in [0.1, 0.15) is 22.5 Å². The van der Waals surface area contributed by atoms with Crippen LogP contribution >= 0.6 is 0 Å². The van der Waals surface area contributed by atoms with Gasteiger partial charge in [0.1, 0.15) is 11.5 Å². The molecule has 0 saturated carbocycles. The summed E-state index contributed by atoms with van der Waals surface area (Å²) in [5.41, 5.74) is 3.52. The minimum Gasteiger partial charge on any atom is -0.496 e. The standard InChI is InChI=1S/C23H24N4O2/c1-28-23-7-6-19(12-21(23)16-26-10-9-25-18-26)14-27(17-22-5-3-11-29-22)15-20-4-2-8-24-13-20/h2-13,18H,14-17H2,1H3. The topological polar surface area (TPSA) is 56.3 Å². The number of methoxy groups -OCH3 is 1. The van der Waals surface area contributed by atoms with Crippen LogP contribution < -0.4 is 4.74 Å². The first-order chi connectivity index (χ1) is 14.3. The van der Waals surface area contributed by atoms with Crippen molar-refractivity contribution in [3.63, 3.8) is 0 Å². The third kappa shape index (κ3) is 5.12. The van der Waals surface area contributed by atoms with Gasteiger partial charge in [-0.05, 0) is 41.5 Å². The summed E-state index contributed by atoms with van der Waals surface area (Å²) in [5, 5.41) is 0. The fourth-order valence-electron chi connectivity index (χ4n) is 3.43. The van der Waals surface area contributed by atoms with E-state index in [2.05, 4.69) is 33.1 Å². The monoisotopic (exact) mass is 388 g/mol. The van der Waals surface area contributed by atoms with Crippen LogP contribution in [0.5, 0.6) is 5.75 Å². The van der Waals surface area contributed by atoms with Gasteiger partial charge in [-0.15, -0.1) is 0 Å². The van der Waals surface area contributed by atoms with Gasteiger partial charge < -0.3 is 13.7 Å². The number of nitrogens with zero attached hydrogens (tertiary/aromatic N) is 4. The van der Waals surface area contributed by atoms with Crippen molar-refractivity contribution in [1.82, 2.24) is 19.4 Å². The van der Waals surface area contributed by atoms with Gasteiger partial charge in [-0.3, -0.25) is 9.88 Å². The van der Waals surface area contributed by atoms with Crippen molar-refractivity contribution < 1.29 is 9.15 Å². The summed E-state index contributed by atoms with van der Waals surface area (Å²) >= 11 is 0. The predicted octanol–water partition coefficient (Wildman–Crippen LogP) is 4.13. The summed E-state index contributed by atoms with van der Waals surface area (Å²) in [5.74, 6) is 1.83. The smallest absolute Gasteiger partial charge is 0.123 e. The maximum absolute atomic E-state index is 5.58. The molecule has 6 nitrogen and oxygen atoms in total. The van der Waals surface area contributed by atoms with E-state index in [4.69, 9.17) is 9.15 Å². The number of imidazole rings is 1. The van der Waals surface area contributed by atoms with Crippen LogP contribution in [0.2, 0.25) is 0 Å². The Morgan fingerprint density at radius 1 is 1.00 bits per heavy atom. The number of rotatable bonds is 9. The highest BCUT2D eigenvalue weighted by Gasteiger charge is 2.12. The Morgan fingerprint density at radius 3 is 2.66 bits per heavy atom. The third-order valence-electron chi connectivity index (χ3n) is 4.75. The van der Waals surface area contributed by atoms with E-state index >= 15 is 0 Å². The van der Waals surface area contributed by atoms with Gasteiger partial charge in [0, 0.05) is 43.4 Å². The summed E-state index contributed by atoms with van der Waals surface area (Å²) < 4.78 is 13.2. The SMILES string of the molecule is COc1ccc(CN(Cc2cccnc2)Cc2ccco2)cc1Cn1ccnc1. The molecule has 0 aliphatic carbocycles. The van der Waals surface area contributed by atoms with Gasteiger partial charge in [0.25, 0.3) is 0 Å². The molecular formula is C23H24N4O2. The maximum atomic E-state index is 5.58. The van der Waals surface area contributed by atoms with Gasteiger partial charge in [0.05, 0.1) is 32.8 Å². The molecule has 0 saturated heterocycles. The van der Waals surface area contributed by atoms with Crippen LogP contribution in [0.4, 0.5) is 0 Å². The van der Waals surface area contributed by atoms with Crippen molar-refractivity contribution in [2.45, 2.75) is 26.2 Å². The molecule has 0 radical (unpaired) electrons. The van der Waals surface area contributed by atoms with Crippen molar-refractivity contribution in [3.8, 4) is 5.75 Å². The highest BCUT2D eigenvalue weighted by Crippen LogP contribution is 2.23. The fraction of sp³-hybridized carbons (Fsp3) is 0.217. The number of benzene rings is 1. The van der Waals surface area contributed by atoms with Crippen molar-refractivity contribution in [2.24, 2.45) is 0 Å². The first-order valence-corrected chi connectivity index (χ1v) is 9.55. The third-order valence-corrected chi connectivity index (χ3v) is 4.75. The van der Waals surface area contributed by atoms with Gasteiger partial charge >= 0.3 is 0 Å². The Hall–Kier alpha value is -3.38. The first kappa shape index (κ1) is 19.0. The molecule has 4 aromatic rings. The average Bonchev–Trinajstić information content (AvgIpc) is 3.43. The molecule has 0 unspecified atom stereocenters. The lowest BCUT2D eigenvalue weighted by molar-refractivity contribution is 0.226. The largest absolute Gasteiger partial charge is 0.496 e. The lowest BCUT2D eigenvalue weighted by atomic mass is 10.1. The minimum atomic E-state index is 0.720. The number of ether oxygens (including phenoxy) is 1. The van der Waals surface area contributed by atoms with E-state index < -0.39 is 0 Å². The molecule has 4 rings (SSSR count). The van der Waals surface area contributed by atoms with Crippen LogP contribution in [0.15, 0.2) is 84.3 Å². The molecule has 0 fully saturated rings. The molecule has 0 aliphatic heterocycles. The molecule has 148 valence electrons. The van der Waals surface area contributed by atoms with Crippen LogP contribution in [0.25, 0.3) is 0 Å². The highest BCUT2D eigenvalue weighted by atomic mass is 16.5. The van der Waals surface area contributed by atoms with E-state index in [-0.39, 0.29) is 0 Å². The Kier molecular flexibility index (Phi) is 6.02. The summed E-state index contributed by atoms with van der Waals surface area (Å²) in [7, 11) is 1.71. The zero-order valence-electron chi connectivity index (χ0n) is 16.4. The van der Waals surface area contributed by atoms with Gasteiger partial charge in [0.15, 0.2) is 0 Å². The minimum absolute atomic E-state index is 0.720. The molecule has 3 aromatic heterocycles. The normalized spacial score (nSPS) is 11.1. The Bertz CT molecular complexity index is 999. The molecule has 0 bridgehead atoms. The van der Waals surface area contributed by atoms with Crippen LogP contribution in [0.3, 0.4) is 0 Å². The second-order valence-corrected chi connectivity index (χ2v) is 6.97. The van der Waals surface area contributed by atoms with Gasteiger partial charge in [-0.2, -0.15) is 0 Å². The summed E-state index contributed by atoms with van der Waals surface area (Å²) in [6.45, 7) is 3.02. The van der Waals surface area contributed by atoms with Gasteiger partial charge in [-0.25, -0.2) is 4.98 Å². The Labute approximate surface area is 170 Å². The van der Waals surface area contributed by atoms with E-state index in [1.54, 1.807) is 25.8 Å². The molecule has 0 amide bonds. The lowest BCUT2D eigenvalue weighted by Crippen LogP contribution is -2.22. The molecule has 0 aliphatic rings. The summed E-state index contributed by atoms with van der Waals surface area (Å²) in [6.07, 6.45) is 11.0. The zero-order chi connectivity index (χ0) is 19.9. The number of furan rings is 1. The van der Waals surface area contributed by atoms with Gasteiger partial charge in [0.2, 0.25) is 0 Å². The Balaban J connectivity index is 1.55. The fourth-order valence-corrected chi connectivity index (χ4v) is 3.43. The van der Waals surface area contributed by atoms with E-state index in [0.717, 1.165) is 43.3 Å². The second kappa shape index (κ2) is 9.21. The van der Waals surface area contributed by atoms with Crippen LogP contribution in [0, 0.1) is 0 Å². The molecule has 0 spiro atoms. The average molecular weight is 388 g/mol. The molecule has 29 heavy (non-hydrogen) atoms. The number of hydrogen-bond donors (Lipinski definition) is 0. The predicted molar refractivity (Wildman–Crippen MR) is 110 cm³/mol. The maximum Gasteiger partial charge on any atom is 0.123 e. The zero-order valence-corrected chi connectivity index (χ0v) is 16.4. The number of aromatic nitrogens is 3. The molecule has 3 heterocycles.